The molecule has 0 spiro atoms. The van der Waals surface area contributed by atoms with Gasteiger partial charge in [0, 0.05) is 48.4 Å². The summed E-state index contributed by atoms with van der Waals surface area (Å²) in [5, 5.41) is 7.50. The van der Waals surface area contributed by atoms with Crippen molar-refractivity contribution in [1.29, 1.82) is 0 Å². The minimum Gasteiger partial charge on any atom is -0.456 e. The fourth-order valence-electron chi connectivity index (χ4n) is 11.1. The predicted octanol–water partition coefficient (Wildman–Crippen LogP) is 16.5. The van der Waals surface area contributed by atoms with E-state index in [0.717, 1.165) is 44.6 Å². The molecule has 0 fully saturated rings. The summed E-state index contributed by atoms with van der Waals surface area (Å²) in [4.78, 5) is 5.21. The van der Waals surface area contributed by atoms with E-state index in [4.69, 9.17) is 8.83 Å². The Morgan fingerprint density at radius 2 is 0.941 bits per heavy atom. The third kappa shape index (κ3) is 6.18. The van der Waals surface area contributed by atoms with Crippen molar-refractivity contribution in [2.24, 2.45) is 0 Å². The molecule has 332 valence electrons. The molecule has 0 aliphatic carbocycles. The number of aryl methyl sites for hydroxylation is 3. The van der Waals surface area contributed by atoms with Gasteiger partial charge >= 0.3 is 0 Å². The first kappa shape index (κ1) is 41.4. The Morgan fingerprint density at radius 3 is 1.47 bits per heavy atom. The number of nitrogens with zero attached hydrogens (tertiary/aromatic N) is 2. The second-order valence-corrected chi connectivity index (χ2v) is 23.2. The van der Waals surface area contributed by atoms with Crippen molar-refractivity contribution in [3.05, 3.63) is 173 Å². The summed E-state index contributed by atoms with van der Waals surface area (Å²) in [6.07, 6.45) is 0. The molecule has 7 aromatic carbocycles. The molecule has 2 aliphatic rings. The first-order valence-electron chi connectivity index (χ1n) is 23.8. The van der Waals surface area contributed by atoms with Crippen LogP contribution in [0.1, 0.15) is 69.4 Å². The first-order chi connectivity index (χ1) is 32.7. The molecule has 4 aromatic heterocycles. The standard InChI is InChI=1S/C61H51BN2O2S2/c1-34-27-39(50-30-37-15-10-12-19-48(37)65-50)21-24-45(34)63-46-17-14-18-47-56(46)62(54-43-32-41(60(4,5)6)22-25-52(43)67-58(54)63)55-44-33-42(61(7,8)9)23-26-53(44)68-59(55)64(47)57-35(2)28-40(29-36(57)3)51-31-38-16-11-13-20-49(38)66-51/h10-33H,1-9H3. The molecule has 0 saturated carbocycles. The molecule has 0 atom stereocenters. The lowest BCUT2D eigenvalue weighted by atomic mass is 9.33. The van der Waals surface area contributed by atoms with Gasteiger partial charge in [0.25, 0.3) is 6.71 Å². The van der Waals surface area contributed by atoms with Gasteiger partial charge in [0.1, 0.15) is 22.7 Å². The van der Waals surface area contributed by atoms with Gasteiger partial charge in [0.05, 0.1) is 15.7 Å². The smallest absolute Gasteiger partial charge is 0.256 e. The van der Waals surface area contributed by atoms with Gasteiger partial charge in [-0.05, 0) is 165 Å². The molecule has 7 heteroatoms. The van der Waals surface area contributed by atoms with E-state index in [2.05, 4.69) is 200 Å². The Hall–Kier alpha value is -6.80. The Kier molecular flexibility index (Phi) is 8.89. The van der Waals surface area contributed by atoms with Crippen molar-refractivity contribution in [3.63, 3.8) is 0 Å². The molecule has 0 unspecified atom stereocenters. The van der Waals surface area contributed by atoms with Crippen molar-refractivity contribution in [2.75, 3.05) is 9.80 Å². The number of anilines is 6. The van der Waals surface area contributed by atoms with Gasteiger partial charge in [-0.15, -0.1) is 22.7 Å². The third-order valence-corrected chi connectivity index (χ3v) is 16.9. The molecule has 13 rings (SSSR count). The van der Waals surface area contributed by atoms with Crippen LogP contribution in [0.5, 0.6) is 0 Å². The summed E-state index contributed by atoms with van der Waals surface area (Å²) >= 11 is 3.86. The zero-order valence-electron chi connectivity index (χ0n) is 40.0. The summed E-state index contributed by atoms with van der Waals surface area (Å²) in [5.41, 5.74) is 19.2. The number of hydrogen-bond donors (Lipinski definition) is 0. The number of para-hydroxylation sites is 2. The Morgan fingerprint density at radius 1 is 0.441 bits per heavy atom. The lowest BCUT2D eigenvalue weighted by Crippen LogP contribution is -2.60. The highest BCUT2D eigenvalue weighted by Crippen LogP contribution is 2.52. The number of furan rings is 2. The van der Waals surface area contributed by atoms with E-state index >= 15 is 0 Å². The van der Waals surface area contributed by atoms with Crippen molar-refractivity contribution >= 4 is 121 Å². The van der Waals surface area contributed by atoms with Gasteiger partial charge in [0.2, 0.25) is 0 Å². The number of thiophene rings is 2. The largest absolute Gasteiger partial charge is 0.456 e. The average molecular weight is 919 g/mol. The fraction of sp³-hybridized carbons (Fsp3) is 0.180. The second-order valence-electron chi connectivity index (χ2n) is 21.1. The number of fused-ring (bicyclic) bond motifs is 10. The van der Waals surface area contributed by atoms with Gasteiger partial charge in [-0.2, -0.15) is 0 Å². The highest BCUT2D eigenvalue weighted by molar-refractivity contribution is 7.29. The Bertz CT molecular complexity index is 3820. The van der Waals surface area contributed by atoms with Crippen LogP contribution in [0.2, 0.25) is 0 Å². The van der Waals surface area contributed by atoms with Crippen LogP contribution in [0.15, 0.2) is 154 Å². The molecule has 0 radical (unpaired) electrons. The van der Waals surface area contributed by atoms with Crippen molar-refractivity contribution < 1.29 is 8.83 Å². The summed E-state index contributed by atoms with van der Waals surface area (Å²) in [6, 6.07) is 53.9. The van der Waals surface area contributed by atoms with E-state index in [0.29, 0.717) is 0 Å². The van der Waals surface area contributed by atoms with Gasteiger partial charge in [-0.1, -0.05) is 108 Å². The quantitative estimate of drug-likeness (QED) is 0.165. The highest BCUT2D eigenvalue weighted by atomic mass is 32.1. The highest BCUT2D eigenvalue weighted by Gasteiger charge is 2.47. The Labute approximate surface area is 406 Å². The molecular formula is C61H51BN2O2S2. The lowest BCUT2D eigenvalue weighted by molar-refractivity contribution is 0.591. The van der Waals surface area contributed by atoms with E-state index in [9.17, 15) is 0 Å². The first-order valence-corrected chi connectivity index (χ1v) is 25.4. The average Bonchev–Trinajstić information content (AvgIpc) is 4.11. The van der Waals surface area contributed by atoms with Crippen LogP contribution in [-0.4, -0.2) is 6.71 Å². The van der Waals surface area contributed by atoms with Crippen molar-refractivity contribution in [1.82, 2.24) is 0 Å². The van der Waals surface area contributed by atoms with Crippen LogP contribution < -0.4 is 26.2 Å². The predicted molar refractivity (Wildman–Crippen MR) is 293 cm³/mol. The zero-order valence-corrected chi connectivity index (χ0v) is 41.6. The van der Waals surface area contributed by atoms with E-state index in [1.165, 1.54) is 97.1 Å². The summed E-state index contributed by atoms with van der Waals surface area (Å²) in [7, 11) is 0. The molecule has 0 saturated heterocycles. The van der Waals surface area contributed by atoms with Crippen LogP contribution in [0.4, 0.5) is 32.8 Å². The second kappa shape index (κ2) is 14.6. The maximum Gasteiger partial charge on any atom is 0.256 e. The molecule has 6 heterocycles. The number of hydrogen-bond acceptors (Lipinski definition) is 6. The molecule has 4 nitrogen and oxygen atoms in total. The fourth-order valence-corrected chi connectivity index (χ4v) is 13.6. The van der Waals surface area contributed by atoms with E-state index in [-0.39, 0.29) is 17.5 Å². The van der Waals surface area contributed by atoms with Crippen LogP contribution in [0, 0.1) is 20.8 Å². The van der Waals surface area contributed by atoms with Gasteiger partial charge < -0.3 is 18.6 Å². The molecule has 11 aromatic rings. The molecule has 68 heavy (non-hydrogen) atoms. The maximum absolute atomic E-state index is 6.47. The van der Waals surface area contributed by atoms with Gasteiger partial charge in [-0.25, -0.2) is 0 Å². The van der Waals surface area contributed by atoms with Gasteiger partial charge in [0.15, 0.2) is 0 Å². The Balaban J connectivity index is 1.09. The minimum atomic E-state index is -0.0165. The van der Waals surface area contributed by atoms with Crippen LogP contribution in [0.25, 0.3) is 64.8 Å². The van der Waals surface area contributed by atoms with Crippen LogP contribution >= 0.6 is 22.7 Å². The number of benzene rings is 7. The monoisotopic (exact) mass is 918 g/mol. The lowest BCUT2D eigenvalue weighted by Gasteiger charge is -2.43. The van der Waals surface area contributed by atoms with Gasteiger partial charge in [-0.3, -0.25) is 0 Å². The topological polar surface area (TPSA) is 32.8 Å². The van der Waals surface area contributed by atoms with Crippen LogP contribution in [0.3, 0.4) is 0 Å². The zero-order chi connectivity index (χ0) is 46.5. The van der Waals surface area contributed by atoms with E-state index in [1.807, 2.05) is 40.9 Å². The SMILES string of the molecule is Cc1cc(-c2cc3ccccc3o2)ccc1N1c2cccc3c2B(c2c1sc1ccc(C(C)(C)C)cc21)c1c(sc2ccc(C(C)(C)C)cc12)N3c1c(C)cc(-c2cc3ccccc3o2)cc1C. The van der Waals surface area contributed by atoms with Crippen LogP contribution in [-0.2, 0) is 10.8 Å². The maximum atomic E-state index is 6.47. The molecule has 0 bridgehead atoms. The normalized spacial score (nSPS) is 13.6. The summed E-state index contributed by atoms with van der Waals surface area (Å²) in [5.74, 6) is 1.77. The summed E-state index contributed by atoms with van der Waals surface area (Å²) < 4.78 is 15.5. The third-order valence-electron chi connectivity index (χ3n) is 14.5. The van der Waals surface area contributed by atoms with Crippen molar-refractivity contribution in [3.8, 4) is 22.6 Å². The van der Waals surface area contributed by atoms with E-state index < -0.39 is 0 Å². The molecule has 0 amide bonds. The summed E-state index contributed by atoms with van der Waals surface area (Å²) in [6.45, 7) is 20.8. The van der Waals surface area contributed by atoms with Crippen molar-refractivity contribution in [2.45, 2.75) is 73.1 Å². The minimum absolute atomic E-state index is 0.00259. The van der Waals surface area contributed by atoms with E-state index in [1.54, 1.807) is 0 Å². The molecule has 0 N–H and O–H groups in total. The molecule has 2 aliphatic heterocycles. The number of rotatable bonds is 4. The molecular weight excluding hydrogens is 868 g/mol.